The Hall–Kier alpha value is -0.930. The number of thiophene rings is 1. The molecule has 7 heteroatoms. The molecule has 0 saturated heterocycles. The SMILES string of the molecule is O=c1[nH]c2ccc(C(Br)c3csc(I)c3)cc2[nH]c1=O. The van der Waals surface area contributed by atoms with Gasteiger partial charge in [0.1, 0.15) is 0 Å². The molecule has 0 aliphatic carbocycles. The minimum Gasteiger partial charge on any atom is -0.316 e. The molecule has 0 saturated carbocycles. The number of fused-ring (bicyclic) bond motifs is 1. The number of aromatic amines is 2. The van der Waals surface area contributed by atoms with Gasteiger partial charge in [-0.05, 0) is 57.3 Å². The Labute approximate surface area is 139 Å². The lowest BCUT2D eigenvalue weighted by molar-refractivity contribution is 1.13. The number of benzene rings is 1. The van der Waals surface area contributed by atoms with E-state index in [4.69, 9.17) is 0 Å². The van der Waals surface area contributed by atoms with Crippen LogP contribution in [0, 0.1) is 2.88 Å². The fourth-order valence-corrected chi connectivity index (χ4v) is 4.06. The van der Waals surface area contributed by atoms with Crippen LogP contribution in [0.2, 0.25) is 0 Å². The van der Waals surface area contributed by atoms with Crippen LogP contribution >= 0.6 is 49.9 Å². The molecule has 0 spiro atoms. The summed E-state index contributed by atoms with van der Waals surface area (Å²) in [5, 5.41) is 2.10. The fraction of sp³-hybridized carbons (Fsp3) is 0.0769. The first-order valence-electron chi connectivity index (χ1n) is 5.69. The van der Waals surface area contributed by atoms with Crippen molar-refractivity contribution in [1.29, 1.82) is 0 Å². The molecule has 0 fully saturated rings. The third kappa shape index (κ3) is 2.61. The first-order chi connectivity index (χ1) is 9.54. The number of nitrogens with one attached hydrogen (secondary N) is 2. The van der Waals surface area contributed by atoms with E-state index < -0.39 is 11.1 Å². The van der Waals surface area contributed by atoms with Gasteiger partial charge in [-0.2, -0.15) is 0 Å². The van der Waals surface area contributed by atoms with Crippen molar-refractivity contribution in [2.75, 3.05) is 0 Å². The van der Waals surface area contributed by atoms with E-state index in [0.29, 0.717) is 11.0 Å². The van der Waals surface area contributed by atoms with E-state index in [1.54, 1.807) is 17.4 Å². The maximum atomic E-state index is 11.4. The first kappa shape index (κ1) is 14.0. The minimum atomic E-state index is -0.633. The van der Waals surface area contributed by atoms with Gasteiger partial charge in [0.2, 0.25) is 0 Å². The van der Waals surface area contributed by atoms with Crippen molar-refractivity contribution >= 4 is 60.9 Å². The van der Waals surface area contributed by atoms with E-state index in [9.17, 15) is 9.59 Å². The average Bonchev–Trinajstić information content (AvgIpc) is 2.85. The molecule has 0 aliphatic heterocycles. The van der Waals surface area contributed by atoms with E-state index in [1.165, 1.54) is 8.45 Å². The van der Waals surface area contributed by atoms with Gasteiger partial charge in [0, 0.05) is 0 Å². The summed E-state index contributed by atoms with van der Waals surface area (Å²) in [5.74, 6) is 0. The smallest absolute Gasteiger partial charge is 0.314 e. The average molecular weight is 463 g/mol. The maximum Gasteiger partial charge on any atom is 0.314 e. The zero-order valence-electron chi connectivity index (χ0n) is 9.94. The summed E-state index contributed by atoms with van der Waals surface area (Å²) in [4.78, 5) is 27.8. The van der Waals surface area contributed by atoms with Crippen molar-refractivity contribution in [3.63, 3.8) is 0 Å². The summed E-state index contributed by atoms with van der Waals surface area (Å²) in [7, 11) is 0. The van der Waals surface area contributed by atoms with Gasteiger partial charge in [-0.1, -0.05) is 22.0 Å². The molecule has 20 heavy (non-hydrogen) atoms. The summed E-state index contributed by atoms with van der Waals surface area (Å²) < 4.78 is 1.22. The van der Waals surface area contributed by atoms with Crippen LogP contribution in [-0.4, -0.2) is 9.97 Å². The van der Waals surface area contributed by atoms with Crippen LogP contribution in [0.15, 0.2) is 39.2 Å². The second-order valence-corrected chi connectivity index (χ2v) is 7.98. The molecule has 0 bridgehead atoms. The molecule has 1 atom stereocenters. The van der Waals surface area contributed by atoms with Crippen LogP contribution in [0.5, 0.6) is 0 Å². The molecule has 1 unspecified atom stereocenters. The zero-order valence-corrected chi connectivity index (χ0v) is 14.5. The third-order valence-electron chi connectivity index (χ3n) is 2.92. The minimum absolute atomic E-state index is 0.0575. The largest absolute Gasteiger partial charge is 0.316 e. The van der Waals surface area contributed by atoms with E-state index in [2.05, 4.69) is 59.9 Å². The highest BCUT2D eigenvalue weighted by Gasteiger charge is 2.13. The molecular weight excluding hydrogens is 455 g/mol. The molecule has 2 aromatic heterocycles. The third-order valence-corrected chi connectivity index (χ3v) is 5.78. The molecule has 3 aromatic rings. The Morgan fingerprint density at radius 1 is 1.05 bits per heavy atom. The summed E-state index contributed by atoms with van der Waals surface area (Å²) in [6, 6.07) is 7.72. The van der Waals surface area contributed by atoms with Crippen molar-refractivity contribution in [1.82, 2.24) is 9.97 Å². The summed E-state index contributed by atoms with van der Waals surface area (Å²) in [6.07, 6.45) is 0. The quantitative estimate of drug-likeness (QED) is 0.348. The number of rotatable bonds is 2. The Kier molecular flexibility index (Phi) is 3.83. The van der Waals surface area contributed by atoms with Gasteiger partial charge < -0.3 is 9.97 Å². The lowest BCUT2D eigenvalue weighted by Crippen LogP contribution is -2.28. The van der Waals surface area contributed by atoms with Crippen LogP contribution in [0.1, 0.15) is 16.0 Å². The lowest BCUT2D eigenvalue weighted by atomic mass is 10.1. The van der Waals surface area contributed by atoms with Crippen molar-refractivity contribution in [2.24, 2.45) is 0 Å². The normalized spacial score (nSPS) is 12.7. The van der Waals surface area contributed by atoms with Crippen LogP contribution in [0.25, 0.3) is 11.0 Å². The molecular formula is C13H8BrIN2O2S. The summed E-state index contributed by atoms with van der Waals surface area (Å²) >= 11 is 7.64. The van der Waals surface area contributed by atoms with Gasteiger partial charge in [-0.15, -0.1) is 11.3 Å². The number of H-pyrrole nitrogens is 2. The standard InChI is InChI=1S/C13H8BrIN2O2S/c14-11(7-4-10(15)20-5-7)6-1-2-8-9(3-6)17-13(19)12(18)16-8/h1-5,11H,(H,16,18)(H,17,19). The van der Waals surface area contributed by atoms with Crippen molar-refractivity contribution in [2.45, 2.75) is 4.83 Å². The Bertz CT molecular complexity index is 899. The molecule has 0 amide bonds. The van der Waals surface area contributed by atoms with Gasteiger partial charge in [-0.25, -0.2) is 0 Å². The molecule has 2 N–H and O–H groups in total. The van der Waals surface area contributed by atoms with Gasteiger partial charge in [-0.3, -0.25) is 9.59 Å². The molecule has 102 valence electrons. The first-order valence-corrected chi connectivity index (χ1v) is 8.56. The van der Waals surface area contributed by atoms with Crippen molar-refractivity contribution in [3.05, 3.63) is 64.4 Å². The Balaban J connectivity index is 2.11. The monoisotopic (exact) mass is 462 g/mol. The second-order valence-electron chi connectivity index (χ2n) is 4.26. The lowest BCUT2D eigenvalue weighted by Gasteiger charge is -2.09. The van der Waals surface area contributed by atoms with E-state index in [0.717, 1.165) is 5.56 Å². The van der Waals surface area contributed by atoms with Gasteiger partial charge in [0.25, 0.3) is 0 Å². The summed E-state index contributed by atoms with van der Waals surface area (Å²) in [6.45, 7) is 0. The Morgan fingerprint density at radius 2 is 1.75 bits per heavy atom. The number of halogens is 2. The van der Waals surface area contributed by atoms with Crippen LogP contribution in [0.3, 0.4) is 0 Å². The van der Waals surface area contributed by atoms with Gasteiger partial charge in [0.05, 0.1) is 18.7 Å². The van der Waals surface area contributed by atoms with Crippen molar-refractivity contribution in [3.8, 4) is 0 Å². The maximum absolute atomic E-state index is 11.4. The number of aromatic nitrogens is 2. The molecule has 0 aliphatic rings. The molecule has 2 heterocycles. The van der Waals surface area contributed by atoms with E-state index in [-0.39, 0.29) is 4.83 Å². The predicted molar refractivity (Wildman–Crippen MR) is 93.0 cm³/mol. The Morgan fingerprint density at radius 3 is 2.40 bits per heavy atom. The van der Waals surface area contributed by atoms with E-state index >= 15 is 0 Å². The van der Waals surface area contributed by atoms with E-state index in [1.807, 2.05) is 12.1 Å². The number of hydrogen-bond donors (Lipinski definition) is 2. The van der Waals surface area contributed by atoms with Crippen LogP contribution < -0.4 is 11.1 Å². The topological polar surface area (TPSA) is 65.7 Å². The number of hydrogen-bond acceptors (Lipinski definition) is 3. The highest BCUT2D eigenvalue weighted by Crippen LogP contribution is 2.34. The molecule has 3 rings (SSSR count). The van der Waals surface area contributed by atoms with Gasteiger partial charge >= 0.3 is 11.1 Å². The van der Waals surface area contributed by atoms with Gasteiger partial charge in [0.15, 0.2) is 0 Å². The highest BCUT2D eigenvalue weighted by molar-refractivity contribution is 14.1. The van der Waals surface area contributed by atoms with Crippen LogP contribution in [-0.2, 0) is 0 Å². The number of alkyl halides is 1. The molecule has 4 nitrogen and oxygen atoms in total. The summed E-state index contributed by atoms with van der Waals surface area (Å²) in [5.41, 5.74) is 2.18. The fourth-order valence-electron chi connectivity index (χ4n) is 1.94. The zero-order chi connectivity index (χ0) is 14.3. The molecule has 1 aromatic carbocycles. The second kappa shape index (κ2) is 5.45. The molecule has 0 radical (unpaired) electrons. The van der Waals surface area contributed by atoms with Crippen LogP contribution in [0.4, 0.5) is 0 Å². The highest BCUT2D eigenvalue weighted by atomic mass is 127. The predicted octanol–water partition coefficient (Wildman–Crippen LogP) is 3.37. The van der Waals surface area contributed by atoms with Crippen molar-refractivity contribution < 1.29 is 0 Å².